The van der Waals surface area contributed by atoms with Crippen molar-refractivity contribution in [2.45, 2.75) is 39.3 Å². The third-order valence-electron chi connectivity index (χ3n) is 3.86. The van der Waals surface area contributed by atoms with Crippen LogP contribution in [0, 0.1) is 5.92 Å². The van der Waals surface area contributed by atoms with Crippen molar-refractivity contribution in [3.05, 3.63) is 29.3 Å². The summed E-state index contributed by atoms with van der Waals surface area (Å²) in [5, 5.41) is 4.50. The van der Waals surface area contributed by atoms with Crippen LogP contribution in [0.2, 0.25) is 5.02 Å². The molecule has 1 aliphatic rings. The first kappa shape index (κ1) is 13.7. The minimum atomic E-state index is 0.521. The van der Waals surface area contributed by atoms with Crippen molar-refractivity contribution in [2.24, 2.45) is 5.92 Å². The first-order chi connectivity index (χ1) is 8.63. The van der Waals surface area contributed by atoms with Gasteiger partial charge in [0.25, 0.3) is 0 Å². The minimum Gasteiger partial charge on any atom is -0.364 e. The molecule has 100 valence electrons. The van der Waals surface area contributed by atoms with Crippen LogP contribution in [0.3, 0.4) is 0 Å². The highest BCUT2D eigenvalue weighted by molar-refractivity contribution is 6.33. The van der Waals surface area contributed by atoms with Gasteiger partial charge in [0.1, 0.15) is 0 Å². The van der Waals surface area contributed by atoms with Gasteiger partial charge in [-0.05, 0) is 24.5 Å². The van der Waals surface area contributed by atoms with E-state index >= 15 is 0 Å². The molecule has 1 saturated heterocycles. The van der Waals surface area contributed by atoms with E-state index < -0.39 is 0 Å². The topological polar surface area (TPSA) is 15.3 Å². The molecule has 18 heavy (non-hydrogen) atoms. The van der Waals surface area contributed by atoms with E-state index in [4.69, 9.17) is 11.6 Å². The largest absolute Gasteiger partial charge is 0.364 e. The van der Waals surface area contributed by atoms with Gasteiger partial charge in [0, 0.05) is 25.2 Å². The van der Waals surface area contributed by atoms with E-state index in [0.717, 1.165) is 24.5 Å². The first-order valence-electron chi connectivity index (χ1n) is 6.88. The minimum absolute atomic E-state index is 0.521. The van der Waals surface area contributed by atoms with Crippen molar-refractivity contribution in [1.29, 1.82) is 0 Å². The van der Waals surface area contributed by atoms with Crippen molar-refractivity contribution in [2.75, 3.05) is 18.0 Å². The van der Waals surface area contributed by atoms with Crippen LogP contribution >= 0.6 is 11.6 Å². The zero-order valence-corrected chi connectivity index (χ0v) is 12.2. The number of nitrogens with zero attached hydrogens (tertiary/aromatic N) is 1. The van der Waals surface area contributed by atoms with Crippen LogP contribution in [0.25, 0.3) is 0 Å². The second kappa shape index (κ2) is 5.94. The number of rotatable bonds is 3. The molecule has 1 heterocycles. The molecule has 1 fully saturated rings. The molecular formula is C15H23ClN2. The Labute approximate surface area is 115 Å². The van der Waals surface area contributed by atoms with E-state index in [0.29, 0.717) is 18.0 Å². The highest BCUT2D eigenvalue weighted by Gasteiger charge is 2.30. The van der Waals surface area contributed by atoms with E-state index in [9.17, 15) is 0 Å². The van der Waals surface area contributed by atoms with E-state index in [1.165, 1.54) is 5.69 Å². The molecule has 2 rings (SSSR count). The summed E-state index contributed by atoms with van der Waals surface area (Å²) in [4.78, 5) is 2.48. The second-order valence-electron chi connectivity index (χ2n) is 5.43. The van der Waals surface area contributed by atoms with Crippen LogP contribution in [0.5, 0.6) is 0 Å². The van der Waals surface area contributed by atoms with Gasteiger partial charge in [-0.3, -0.25) is 0 Å². The van der Waals surface area contributed by atoms with Crippen molar-refractivity contribution >= 4 is 17.3 Å². The number of para-hydroxylation sites is 1. The number of nitrogens with one attached hydrogen (secondary N) is 1. The molecule has 3 heteroatoms. The number of anilines is 1. The highest BCUT2D eigenvalue weighted by atomic mass is 35.5. The van der Waals surface area contributed by atoms with E-state index in [1.54, 1.807) is 0 Å². The Balaban J connectivity index is 2.27. The monoisotopic (exact) mass is 266 g/mol. The van der Waals surface area contributed by atoms with Crippen LogP contribution in [0.4, 0.5) is 5.69 Å². The third kappa shape index (κ3) is 2.81. The van der Waals surface area contributed by atoms with Gasteiger partial charge in [0.15, 0.2) is 0 Å². The Hall–Kier alpha value is -0.730. The lowest BCUT2D eigenvalue weighted by molar-refractivity contribution is 0.333. The Bertz CT molecular complexity index is 392. The quantitative estimate of drug-likeness (QED) is 0.900. The van der Waals surface area contributed by atoms with E-state index in [-0.39, 0.29) is 0 Å². The predicted molar refractivity (Wildman–Crippen MR) is 79.5 cm³/mol. The Morgan fingerprint density at radius 1 is 1.39 bits per heavy atom. The Morgan fingerprint density at radius 3 is 2.72 bits per heavy atom. The fraction of sp³-hybridized carbons (Fsp3) is 0.600. The number of piperazine rings is 1. The summed E-state index contributed by atoms with van der Waals surface area (Å²) in [6.07, 6.45) is 1.16. The van der Waals surface area contributed by atoms with Crippen LogP contribution < -0.4 is 10.2 Å². The van der Waals surface area contributed by atoms with Crippen LogP contribution in [-0.2, 0) is 0 Å². The molecule has 1 aliphatic heterocycles. The molecule has 0 amide bonds. The molecule has 0 aliphatic carbocycles. The van der Waals surface area contributed by atoms with Crippen molar-refractivity contribution in [3.63, 3.8) is 0 Å². The summed E-state index contributed by atoms with van der Waals surface area (Å²) in [7, 11) is 0. The molecule has 0 spiro atoms. The molecule has 0 radical (unpaired) electrons. The zero-order valence-electron chi connectivity index (χ0n) is 11.5. The molecule has 2 nitrogen and oxygen atoms in total. The molecule has 2 unspecified atom stereocenters. The van der Waals surface area contributed by atoms with Gasteiger partial charge in [0.2, 0.25) is 0 Å². The van der Waals surface area contributed by atoms with Crippen LogP contribution in [0.15, 0.2) is 24.3 Å². The second-order valence-corrected chi connectivity index (χ2v) is 5.84. The fourth-order valence-electron chi connectivity index (χ4n) is 2.67. The smallest absolute Gasteiger partial charge is 0.0639 e. The first-order valence-corrected chi connectivity index (χ1v) is 7.25. The standard InChI is InChI=1S/C15H23ClN2/c1-4-12-10-18(15(9-17-12)11(2)3)14-8-6-5-7-13(14)16/h5-8,11-12,15,17H,4,9-10H2,1-3H3. The summed E-state index contributed by atoms with van der Waals surface area (Å²) >= 11 is 6.36. The number of halogens is 1. The number of hydrogen-bond acceptors (Lipinski definition) is 2. The molecule has 0 bridgehead atoms. The van der Waals surface area contributed by atoms with Crippen LogP contribution in [-0.4, -0.2) is 25.2 Å². The van der Waals surface area contributed by atoms with Gasteiger partial charge >= 0.3 is 0 Å². The van der Waals surface area contributed by atoms with Gasteiger partial charge in [-0.2, -0.15) is 0 Å². The normalized spacial score (nSPS) is 24.6. The lowest BCUT2D eigenvalue weighted by Gasteiger charge is -2.44. The van der Waals surface area contributed by atoms with E-state index in [2.05, 4.69) is 43.1 Å². The molecule has 2 atom stereocenters. The Morgan fingerprint density at radius 2 is 2.11 bits per heavy atom. The number of benzene rings is 1. The van der Waals surface area contributed by atoms with Gasteiger partial charge < -0.3 is 10.2 Å². The molecule has 0 aromatic heterocycles. The maximum Gasteiger partial charge on any atom is 0.0639 e. The van der Waals surface area contributed by atoms with Crippen LogP contribution in [0.1, 0.15) is 27.2 Å². The van der Waals surface area contributed by atoms with Gasteiger partial charge in [0.05, 0.1) is 10.7 Å². The van der Waals surface area contributed by atoms with Gasteiger partial charge in [-0.25, -0.2) is 0 Å². The summed E-state index contributed by atoms with van der Waals surface area (Å²) in [6, 6.07) is 9.27. The Kier molecular flexibility index (Phi) is 4.52. The molecule has 1 aromatic carbocycles. The van der Waals surface area contributed by atoms with Crippen molar-refractivity contribution in [1.82, 2.24) is 5.32 Å². The average molecular weight is 267 g/mol. The maximum absolute atomic E-state index is 6.36. The average Bonchev–Trinajstić information content (AvgIpc) is 2.38. The third-order valence-corrected chi connectivity index (χ3v) is 4.18. The molecule has 1 N–H and O–H groups in total. The highest BCUT2D eigenvalue weighted by Crippen LogP contribution is 2.30. The summed E-state index contributed by atoms with van der Waals surface area (Å²) in [6.45, 7) is 8.88. The van der Waals surface area contributed by atoms with Crippen molar-refractivity contribution < 1.29 is 0 Å². The SMILES string of the molecule is CCC1CN(c2ccccc2Cl)C(C(C)C)CN1. The lowest BCUT2D eigenvalue weighted by Crippen LogP contribution is -2.58. The summed E-state index contributed by atoms with van der Waals surface area (Å²) in [5.74, 6) is 0.617. The molecule has 1 aromatic rings. The maximum atomic E-state index is 6.36. The fourth-order valence-corrected chi connectivity index (χ4v) is 2.91. The summed E-state index contributed by atoms with van der Waals surface area (Å²) in [5.41, 5.74) is 1.18. The predicted octanol–water partition coefficient (Wildman–Crippen LogP) is 3.55. The van der Waals surface area contributed by atoms with Gasteiger partial charge in [-0.15, -0.1) is 0 Å². The summed E-state index contributed by atoms with van der Waals surface area (Å²) < 4.78 is 0. The number of hydrogen-bond donors (Lipinski definition) is 1. The molecular weight excluding hydrogens is 244 g/mol. The molecule has 0 saturated carbocycles. The van der Waals surface area contributed by atoms with Crippen molar-refractivity contribution in [3.8, 4) is 0 Å². The van der Waals surface area contributed by atoms with Gasteiger partial charge in [-0.1, -0.05) is 44.5 Å². The zero-order chi connectivity index (χ0) is 13.1. The van der Waals surface area contributed by atoms with E-state index in [1.807, 2.05) is 12.1 Å². The lowest BCUT2D eigenvalue weighted by atomic mass is 9.97.